The normalized spacial score (nSPS) is 11.1. The van der Waals surface area contributed by atoms with Crippen LogP contribution in [0.2, 0.25) is 0 Å². The molecule has 164 valence electrons. The second-order valence-corrected chi connectivity index (χ2v) is 8.31. The first-order valence-corrected chi connectivity index (χ1v) is 11.0. The Morgan fingerprint density at radius 3 is 2.73 bits per heavy atom. The van der Waals surface area contributed by atoms with Gasteiger partial charge in [-0.25, -0.2) is 0 Å². The van der Waals surface area contributed by atoms with Crippen LogP contribution >= 0.6 is 11.3 Å². The molecule has 0 unspecified atom stereocenters. The molecule has 2 aromatic carbocycles. The quantitative estimate of drug-likeness (QED) is 0.310. The third kappa shape index (κ3) is 5.17. The van der Waals surface area contributed by atoms with Gasteiger partial charge in [0.05, 0.1) is 0 Å². The smallest absolute Gasteiger partial charge is 0.268 e. The molecule has 8 heteroatoms. The van der Waals surface area contributed by atoms with Crippen LogP contribution in [0.15, 0.2) is 72.4 Å². The van der Waals surface area contributed by atoms with Gasteiger partial charge in [-0.05, 0) is 61.4 Å². The Balaban J connectivity index is 1.48. The van der Waals surface area contributed by atoms with Crippen molar-refractivity contribution in [3.63, 3.8) is 0 Å². The predicted molar refractivity (Wildman–Crippen MR) is 128 cm³/mol. The van der Waals surface area contributed by atoms with Crippen molar-refractivity contribution < 1.29 is 9.53 Å². The van der Waals surface area contributed by atoms with E-state index in [9.17, 15) is 10.1 Å². The lowest BCUT2D eigenvalue weighted by Gasteiger charge is -2.12. The highest BCUT2D eigenvalue weighted by molar-refractivity contribution is 7.15. The molecule has 7 nitrogen and oxygen atoms in total. The van der Waals surface area contributed by atoms with Gasteiger partial charge in [0.2, 0.25) is 5.13 Å². The molecule has 4 aromatic rings. The van der Waals surface area contributed by atoms with E-state index in [0.717, 1.165) is 28.3 Å². The van der Waals surface area contributed by atoms with Gasteiger partial charge in [0.15, 0.2) is 5.01 Å². The van der Waals surface area contributed by atoms with Gasteiger partial charge in [-0.3, -0.25) is 10.1 Å². The summed E-state index contributed by atoms with van der Waals surface area (Å²) in [5, 5.41) is 21.2. The van der Waals surface area contributed by atoms with E-state index in [4.69, 9.17) is 4.74 Å². The van der Waals surface area contributed by atoms with Crippen LogP contribution in [-0.4, -0.2) is 20.7 Å². The SMILES string of the molecule is Cc1cccc(-n2cccc2/C=C(/C#N)C(=O)Nc2nnc(COc3ccccc3)s2)c1C. The summed E-state index contributed by atoms with van der Waals surface area (Å²) in [5.74, 6) is 0.178. The zero-order chi connectivity index (χ0) is 23.2. The van der Waals surface area contributed by atoms with Crippen molar-refractivity contribution in [1.82, 2.24) is 14.8 Å². The Morgan fingerprint density at radius 2 is 1.94 bits per heavy atom. The summed E-state index contributed by atoms with van der Waals surface area (Å²) in [5.41, 5.74) is 3.99. The molecule has 2 heterocycles. The third-order valence-electron chi connectivity index (χ3n) is 5.07. The second kappa shape index (κ2) is 9.94. The molecular formula is C25H21N5O2S. The van der Waals surface area contributed by atoms with Crippen molar-refractivity contribution in [2.24, 2.45) is 0 Å². The largest absolute Gasteiger partial charge is 0.486 e. The summed E-state index contributed by atoms with van der Waals surface area (Å²) in [4.78, 5) is 12.7. The van der Waals surface area contributed by atoms with Crippen LogP contribution in [-0.2, 0) is 11.4 Å². The molecule has 0 aliphatic heterocycles. The van der Waals surface area contributed by atoms with E-state index in [2.05, 4.69) is 15.5 Å². The molecule has 2 aromatic heterocycles. The molecule has 4 rings (SSSR count). The number of nitrogens with one attached hydrogen (secondary N) is 1. The summed E-state index contributed by atoms with van der Waals surface area (Å²) < 4.78 is 7.61. The highest BCUT2D eigenvalue weighted by atomic mass is 32.1. The number of ether oxygens (including phenoxy) is 1. The summed E-state index contributed by atoms with van der Waals surface area (Å²) in [7, 11) is 0. The molecule has 0 bridgehead atoms. The Kier molecular flexibility index (Phi) is 6.62. The van der Waals surface area contributed by atoms with Crippen molar-refractivity contribution in [2.45, 2.75) is 20.5 Å². The number of para-hydroxylation sites is 1. The number of nitriles is 1. The fourth-order valence-corrected chi connectivity index (χ4v) is 3.86. The number of benzene rings is 2. The molecule has 1 N–H and O–H groups in total. The maximum atomic E-state index is 12.7. The molecule has 0 fully saturated rings. The van der Waals surface area contributed by atoms with Crippen molar-refractivity contribution in [1.29, 1.82) is 5.26 Å². The van der Waals surface area contributed by atoms with Crippen LogP contribution in [0.5, 0.6) is 5.75 Å². The summed E-state index contributed by atoms with van der Waals surface area (Å²) in [6.45, 7) is 4.33. The van der Waals surface area contributed by atoms with Crippen molar-refractivity contribution in [3.8, 4) is 17.5 Å². The van der Waals surface area contributed by atoms with Gasteiger partial charge >= 0.3 is 0 Å². The van der Waals surface area contributed by atoms with E-state index < -0.39 is 5.91 Å². The van der Waals surface area contributed by atoms with Crippen LogP contribution in [0.25, 0.3) is 11.8 Å². The first kappa shape index (κ1) is 22.0. The van der Waals surface area contributed by atoms with E-state index >= 15 is 0 Å². The molecule has 0 saturated heterocycles. The number of carbonyl (C=O) groups excluding carboxylic acids is 1. The molecule has 0 saturated carbocycles. The Bertz CT molecular complexity index is 1350. The van der Waals surface area contributed by atoms with Crippen LogP contribution in [0.1, 0.15) is 21.8 Å². The number of aryl methyl sites for hydroxylation is 1. The van der Waals surface area contributed by atoms with Gasteiger partial charge in [0.1, 0.15) is 24.0 Å². The Morgan fingerprint density at radius 1 is 1.12 bits per heavy atom. The first-order chi connectivity index (χ1) is 16.0. The van der Waals surface area contributed by atoms with E-state index in [1.165, 1.54) is 11.3 Å². The number of aromatic nitrogens is 3. The van der Waals surface area contributed by atoms with Crippen LogP contribution in [0, 0.1) is 25.2 Å². The summed E-state index contributed by atoms with van der Waals surface area (Å²) >= 11 is 1.20. The van der Waals surface area contributed by atoms with Crippen molar-refractivity contribution >= 4 is 28.5 Å². The summed E-state index contributed by atoms with van der Waals surface area (Å²) in [6.07, 6.45) is 3.47. The minimum absolute atomic E-state index is 0.0301. The topological polar surface area (TPSA) is 92.8 Å². The lowest BCUT2D eigenvalue weighted by Crippen LogP contribution is -2.13. The molecule has 0 aliphatic rings. The number of rotatable bonds is 7. The van der Waals surface area contributed by atoms with E-state index in [1.807, 2.05) is 91.3 Å². The van der Waals surface area contributed by atoms with Crippen molar-refractivity contribution in [3.05, 3.63) is 94.3 Å². The maximum Gasteiger partial charge on any atom is 0.268 e. The Labute approximate surface area is 195 Å². The highest BCUT2D eigenvalue weighted by Crippen LogP contribution is 2.22. The van der Waals surface area contributed by atoms with Crippen LogP contribution in [0.4, 0.5) is 5.13 Å². The monoisotopic (exact) mass is 455 g/mol. The number of carbonyl (C=O) groups is 1. The molecule has 0 radical (unpaired) electrons. The number of hydrogen-bond donors (Lipinski definition) is 1. The predicted octanol–water partition coefficient (Wildman–Crippen LogP) is 5.07. The molecule has 1 amide bonds. The number of nitrogens with zero attached hydrogens (tertiary/aromatic N) is 4. The van der Waals surface area contributed by atoms with E-state index in [-0.39, 0.29) is 12.2 Å². The first-order valence-electron chi connectivity index (χ1n) is 10.2. The number of anilines is 1. The average Bonchev–Trinajstić information content (AvgIpc) is 3.48. The van der Waals surface area contributed by atoms with Gasteiger partial charge in [0.25, 0.3) is 5.91 Å². The minimum Gasteiger partial charge on any atom is -0.486 e. The van der Waals surface area contributed by atoms with E-state index in [1.54, 1.807) is 6.08 Å². The van der Waals surface area contributed by atoms with Gasteiger partial charge in [0, 0.05) is 17.6 Å². The molecular weight excluding hydrogens is 434 g/mol. The maximum absolute atomic E-state index is 12.7. The van der Waals surface area contributed by atoms with Gasteiger partial charge in [-0.2, -0.15) is 5.26 Å². The van der Waals surface area contributed by atoms with Crippen LogP contribution < -0.4 is 10.1 Å². The highest BCUT2D eigenvalue weighted by Gasteiger charge is 2.15. The second-order valence-electron chi connectivity index (χ2n) is 7.25. The molecule has 0 spiro atoms. The minimum atomic E-state index is -0.544. The zero-order valence-electron chi connectivity index (χ0n) is 18.1. The van der Waals surface area contributed by atoms with Gasteiger partial charge in [-0.1, -0.05) is 41.7 Å². The standard InChI is InChI=1S/C25H21N5O2S/c1-17-8-6-12-22(18(17)2)30-13-7-9-20(30)14-19(15-26)24(31)27-25-29-28-23(33-25)16-32-21-10-4-3-5-11-21/h3-14H,16H2,1-2H3,(H,27,29,31)/b19-14-. The molecule has 0 atom stereocenters. The molecule has 33 heavy (non-hydrogen) atoms. The summed E-state index contributed by atoms with van der Waals surface area (Å²) in [6, 6.07) is 21.1. The lowest BCUT2D eigenvalue weighted by molar-refractivity contribution is -0.112. The van der Waals surface area contributed by atoms with Crippen molar-refractivity contribution in [2.75, 3.05) is 5.32 Å². The zero-order valence-corrected chi connectivity index (χ0v) is 19.0. The average molecular weight is 456 g/mol. The number of amides is 1. The Hall–Kier alpha value is -4.22. The number of hydrogen-bond acceptors (Lipinski definition) is 6. The fraction of sp³-hybridized carbons (Fsp3) is 0.120. The molecule has 0 aliphatic carbocycles. The van der Waals surface area contributed by atoms with Crippen LogP contribution in [0.3, 0.4) is 0 Å². The van der Waals surface area contributed by atoms with Gasteiger partial charge < -0.3 is 9.30 Å². The van der Waals surface area contributed by atoms with E-state index in [0.29, 0.717) is 10.1 Å². The fourth-order valence-electron chi connectivity index (χ4n) is 3.21. The lowest BCUT2D eigenvalue weighted by atomic mass is 10.1. The van der Waals surface area contributed by atoms with Gasteiger partial charge in [-0.15, -0.1) is 10.2 Å². The third-order valence-corrected chi connectivity index (χ3v) is 5.88.